The fraction of sp³-hybridized carbons (Fsp3) is 0. The zero-order chi connectivity index (χ0) is 17.3. The molecule has 0 bridgehead atoms. The Bertz CT molecular complexity index is 1070. The van der Waals surface area contributed by atoms with Crippen molar-refractivity contribution in [2.45, 2.75) is 9.92 Å². The van der Waals surface area contributed by atoms with E-state index >= 15 is 0 Å². The Balaban J connectivity index is 2.11. The van der Waals surface area contributed by atoms with Crippen molar-refractivity contribution in [3.8, 4) is 0 Å². The maximum Gasteiger partial charge on any atom is 0.248 e. The lowest BCUT2D eigenvalue weighted by Crippen LogP contribution is -2.12. The topological polar surface area (TPSA) is 90.1 Å². The molecular weight excluding hydrogens is 324 g/mol. The maximum absolute atomic E-state index is 12.8. The van der Waals surface area contributed by atoms with Gasteiger partial charge in [-0.25, -0.2) is 13.4 Å². The van der Waals surface area contributed by atoms with Gasteiger partial charge in [-0.15, -0.1) is 0 Å². The number of fused-ring (bicyclic) bond motifs is 1. The van der Waals surface area contributed by atoms with Gasteiger partial charge in [0.05, 0.1) is 10.4 Å². The van der Waals surface area contributed by atoms with Crippen molar-refractivity contribution < 1.29 is 13.2 Å². The Kier molecular flexibility index (Phi) is 3.91. The number of amides is 1. The Labute approximate surface area is 139 Å². The number of rotatable bonds is 4. The molecule has 3 rings (SSSR count). The highest BCUT2D eigenvalue weighted by Crippen LogP contribution is 2.24. The summed E-state index contributed by atoms with van der Waals surface area (Å²) in [5.41, 5.74) is 6.21. The highest BCUT2D eigenvalue weighted by molar-refractivity contribution is 7.91. The zero-order valence-electron chi connectivity index (χ0n) is 12.6. The van der Waals surface area contributed by atoms with E-state index in [1.54, 1.807) is 24.3 Å². The molecule has 0 saturated heterocycles. The minimum atomic E-state index is -3.82. The quantitative estimate of drug-likeness (QED) is 0.740. The van der Waals surface area contributed by atoms with Gasteiger partial charge in [-0.3, -0.25) is 4.79 Å². The van der Waals surface area contributed by atoms with Crippen molar-refractivity contribution in [2.24, 2.45) is 5.73 Å². The molecule has 2 aromatic carbocycles. The van der Waals surface area contributed by atoms with Gasteiger partial charge in [0.25, 0.3) is 0 Å². The minimum absolute atomic E-state index is 0.0326. The summed E-state index contributed by atoms with van der Waals surface area (Å²) in [7, 11) is -3.82. The Hall–Kier alpha value is -2.99. The molecule has 2 N–H and O–H groups in total. The molecule has 0 aliphatic heterocycles. The summed E-state index contributed by atoms with van der Waals surface area (Å²) in [6, 6.07) is 16.4. The summed E-state index contributed by atoms with van der Waals surface area (Å²) in [4.78, 5) is 15.5. The molecule has 5 nitrogen and oxygen atoms in total. The van der Waals surface area contributed by atoms with Gasteiger partial charge in [-0.2, -0.15) is 0 Å². The van der Waals surface area contributed by atoms with Crippen LogP contribution in [0.4, 0.5) is 0 Å². The van der Waals surface area contributed by atoms with E-state index in [4.69, 9.17) is 5.73 Å². The number of primary amides is 1. The van der Waals surface area contributed by atoms with Crippen LogP contribution in [0.2, 0.25) is 0 Å². The first-order chi connectivity index (χ1) is 11.4. The summed E-state index contributed by atoms with van der Waals surface area (Å²) in [6.45, 7) is 3.58. The molecule has 1 aromatic heterocycles. The first kappa shape index (κ1) is 15.9. The van der Waals surface area contributed by atoms with Gasteiger partial charge in [-0.1, -0.05) is 36.9 Å². The first-order valence-electron chi connectivity index (χ1n) is 7.09. The number of nitrogens with zero attached hydrogens (tertiary/aromatic N) is 1. The third-order valence-corrected chi connectivity index (χ3v) is 5.29. The second-order valence-corrected chi connectivity index (χ2v) is 7.11. The zero-order valence-corrected chi connectivity index (χ0v) is 13.5. The lowest BCUT2D eigenvalue weighted by atomic mass is 10.1. The van der Waals surface area contributed by atoms with E-state index in [0.717, 1.165) is 5.39 Å². The SMILES string of the molecule is C=C(C(N)=O)c1cccc(S(=O)(=O)c2ccc3ccccc3n2)c1. The number of carbonyl (C=O) groups excluding carboxylic acids is 1. The number of nitrogens with two attached hydrogens (primary N) is 1. The monoisotopic (exact) mass is 338 g/mol. The molecule has 120 valence electrons. The van der Waals surface area contributed by atoms with Crippen LogP contribution in [0.15, 0.2) is 77.2 Å². The molecule has 0 fully saturated rings. The molecule has 0 radical (unpaired) electrons. The molecule has 0 saturated carbocycles. The molecule has 1 heterocycles. The number of pyridine rings is 1. The molecule has 0 spiro atoms. The summed E-state index contributed by atoms with van der Waals surface area (Å²) in [5.74, 6) is -0.701. The van der Waals surface area contributed by atoms with Crippen molar-refractivity contribution in [1.82, 2.24) is 4.98 Å². The maximum atomic E-state index is 12.8. The van der Waals surface area contributed by atoms with Crippen LogP contribution in [-0.2, 0) is 14.6 Å². The van der Waals surface area contributed by atoms with Gasteiger partial charge in [0, 0.05) is 11.0 Å². The van der Waals surface area contributed by atoms with E-state index < -0.39 is 15.7 Å². The first-order valence-corrected chi connectivity index (χ1v) is 8.58. The molecule has 0 aliphatic carbocycles. The number of benzene rings is 2. The highest BCUT2D eigenvalue weighted by Gasteiger charge is 2.20. The van der Waals surface area contributed by atoms with Crippen LogP contribution >= 0.6 is 0 Å². The van der Waals surface area contributed by atoms with Gasteiger partial charge in [0.15, 0.2) is 5.03 Å². The predicted molar refractivity (Wildman–Crippen MR) is 91.9 cm³/mol. The van der Waals surface area contributed by atoms with E-state index in [1.165, 1.54) is 24.3 Å². The number of hydrogen-bond acceptors (Lipinski definition) is 4. The number of carbonyl (C=O) groups is 1. The lowest BCUT2D eigenvalue weighted by Gasteiger charge is -2.08. The van der Waals surface area contributed by atoms with Crippen molar-refractivity contribution >= 4 is 32.2 Å². The third-order valence-electron chi connectivity index (χ3n) is 3.64. The van der Waals surface area contributed by atoms with E-state index in [1.807, 2.05) is 12.1 Å². The lowest BCUT2D eigenvalue weighted by molar-refractivity contribution is -0.112. The van der Waals surface area contributed by atoms with Crippen LogP contribution in [0, 0.1) is 0 Å². The van der Waals surface area contributed by atoms with Crippen LogP contribution in [-0.4, -0.2) is 19.3 Å². The van der Waals surface area contributed by atoms with Crippen molar-refractivity contribution in [3.63, 3.8) is 0 Å². The second kappa shape index (κ2) is 5.90. The largest absolute Gasteiger partial charge is 0.366 e. The van der Waals surface area contributed by atoms with Crippen LogP contribution in [0.1, 0.15) is 5.56 Å². The fourth-order valence-electron chi connectivity index (χ4n) is 2.31. The van der Waals surface area contributed by atoms with Gasteiger partial charge in [0.2, 0.25) is 15.7 Å². The Morgan fingerprint density at radius 3 is 2.50 bits per heavy atom. The molecule has 6 heteroatoms. The molecule has 1 amide bonds. The van der Waals surface area contributed by atoms with E-state index in [9.17, 15) is 13.2 Å². The summed E-state index contributed by atoms with van der Waals surface area (Å²) in [6.07, 6.45) is 0. The Morgan fingerprint density at radius 2 is 1.75 bits per heavy atom. The second-order valence-electron chi connectivity index (χ2n) is 5.22. The highest BCUT2D eigenvalue weighted by atomic mass is 32.2. The van der Waals surface area contributed by atoms with Gasteiger partial charge < -0.3 is 5.73 Å². The fourth-order valence-corrected chi connectivity index (χ4v) is 3.56. The smallest absolute Gasteiger partial charge is 0.248 e. The molecule has 0 unspecified atom stereocenters. The van der Waals surface area contributed by atoms with Crippen molar-refractivity contribution in [2.75, 3.05) is 0 Å². The van der Waals surface area contributed by atoms with E-state index in [0.29, 0.717) is 11.1 Å². The van der Waals surface area contributed by atoms with Crippen molar-refractivity contribution in [1.29, 1.82) is 0 Å². The van der Waals surface area contributed by atoms with Gasteiger partial charge >= 0.3 is 0 Å². The summed E-state index contributed by atoms with van der Waals surface area (Å²) < 4.78 is 25.6. The average molecular weight is 338 g/mol. The van der Waals surface area contributed by atoms with E-state index in [2.05, 4.69) is 11.6 Å². The normalized spacial score (nSPS) is 11.3. The third kappa shape index (κ3) is 2.79. The number of para-hydroxylation sites is 1. The molecular formula is C18H14N2O3S. The Morgan fingerprint density at radius 1 is 1.00 bits per heavy atom. The summed E-state index contributed by atoms with van der Waals surface area (Å²) in [5, 5.41) is 0.801. The number of aromatic nitrogens is 1. The minimum Gasteiger partial charge on any atom is -0.366 e. The molecule has 24 heavy (non-hydrogen) atoms. The number of sulfone groups is 1. The van der Waals surface area contributed by atoms with Crippen LogP contribution in [0.5, 0.6) is 0 Å². The van der Waals surface area contributed by atoms with Crippen LogP contribution in [0.3, 0.4) is 0 Å². The van der Waals surface area contributed by atoms with Gasteiger partial charge in [-0.05, 0) is 35.9 Å². The van der Waals surface area contributed by atoms with Crippen molar-refractivity contribution in [3.05, 3.63) is 72.8 Å². The molecule has 0 aliphatic rings. The van der Waals surface area contributed by atoms with E-state index in [-0.39, 0.29) is 15.5 Å². The molecule has 3 aromatic rings. The average Bonchev–Trinajstić information content (AvgIpc) is 2.60. The predicted octanol–water partition coefficient (Wildman–Crippen LogP) is 2.57. The van der Waals surface area contributed by atoms with Crippen LogP contribution in [0.25, 0.3) is 16.5 Å². The van der Waals surface area contributed by atoms with Crippen LogP contribution < -0.4 is 5.73 Å². The van der Waals surface area contributed by atoms with Gasteiger partial charge in [0.1, 0.15) is 0 Å². The summed E-state index contributed by atoms with van der Waals surface area (Å²) >= 11 is 0. The molecule has 0 atom stereocenters. The number of hydrogen-bond donors (Lipinski definition) is 1. The standard InChI is InChI=1S/C18H14N2O3S/c1-12(18(19)21)14-6-4-7-15(11-14)24(22,23)17-10-9-13-5-2-3-8-16(13)20-17/h2-11H,1H2,(H2,19,21).